The Labute approximate surface area is 310 Å². The van der Waals surface area contributed by atoms with Gasteiger partial charge in [-0.1, -0.05) is 54.6 Å². The van der Waals surface area contributed by atoms with Crippen molar-refractivity contribution in [2.45, 2.75) is 31.7 Å². The molecule has 4 N–H and O–H groups in total. The van der Waals surface area contributed by atoms with Gasteiger partial charge in [0.15, 0.2) is 11.5 Å². The number of aliphatic hydroxyl groups excluding tert-OH is 1. The SMILES string of the molecule is COc1cc(/C=C(/CC[C@H]2OB(O)C[C@H]3C2=C(CO)C[C@H]2C(=O)N(c4ccc(Nc5ccccc5)cc4)C(=O)[C@H]23)c2ccccc2)cc(I)c1O. The Balaban J connectivity index is 1.15. The number of rotatable bonds is 10. The Bertz CT molecular complexity index is 1990. The van der Waals surface area contributed by atoms with Gasteiger partial charge in [-0.3, -0.25) is 14.5 Å². The lowest BCUT2D eigenvalue weighted by molar-refractivity contribution is -0.122. The molecule has 2 saturated heterocycles. The summed E-state index contributed by atoms with van der Waals surface area (Å²) in [4.78, 5) is 29.4. The molecule has 4 aromatic carbocycles. The van der Waals surface area contributed by atoms with Gasteiger partial charge in [-0.05, 0) is 130 Å². The molecule has 3 aliphatic rings. The molecule has 2 aliphatic heterocycles. The number of aromatic hydroxyl groups is 1. The number of ether oxygens (including phenoxy) is 1. The summed E-state index contributed by atoms with van der Waals surface area (Å²) in [7, 11) is 0.386. The summed E-state index contributed by atoms with van der Waals surface area (Å²) in [5, 5.41) is 35.4. The maximum absolute atomic E-state index is 14.2. The average molecular weight is 796 g/mol. The highest BCUT2D eigenvalue weighted by molar-refractivity contribution is 14.1. The summed E-state index contributed by atoms with van der Waals surface area (Å²) in [5.74, 6) is -1.86. The number of halogens is 1. The number of methoxy groups -OCH3 is 1. The van der Waals surface area contributed by atoms with Crippen molar-refractivity contribution in [2.75, 3.05) is 23.9 Å². The van der Waals surface area contributed by atoms with Crippen molar-refractivity contribution in [2.24, 2.45) is 17.8 Å². The number of aliphatic hydroxyl groups is 1. The smallest absolute Gasteiger partial charge is 0.455 e. The van der Waals surface area contributed by atoms with Crippen LogP contribution in [0.25, 0.3) is 11.6 Å². The zero-order valence-electron chi connectivity index (χ0n) is 28.0. The number of anilines is 3. The van der Waals surface area contributed by atoms with Crippen LogP contribution in [0.2, 0.25) is 6.32 Å². The number of hydrogen-bond donors (Lipinski definition) is 4. The molecule has 0 aromatic heterocycles. The monoisotopic (exact) mass is 796 g/mol. The number of para-hydroxylation sites is 1. The van der Waals surface area contributed by atoms with E-state index in [4.69, 9.17) is 9.39 Å². The number of phenolic OH excluding ortho intramolecular Hbond substituents is 1. The molecule has 0 saturated carbocycles. The van der Waals surface area contributed by atoms with Crippen molar-refractivity contribution in [1.29, 1.82) is 0 Å². The van der Waals surface area contributed by atoms with Crippen LogP contribution in [-0.2, 0) is 14.2 Å². The van der Waals surface area contributed by atoms with Crippen LogP contribution in [-0.4, -0.2) is 54.0 Å². The minimum Gasteiger partial charge on any atom is -0.504 e. The lowest BCUT2D eigenvalue weighted by Crippen LogP contribution is -2.46. The van der Waals surface area contributed by atoms with Crippen LogP contribution in [0.15, 0.2) is 108 Å². The van der Waals surface area contributed by atoms with E-state index in [-0.39, 0.29) is 36.9 Å². The second kappa shape index (κ2) is 15.0. The molecule has 0 radical (unpaired) electrons. The van der Waals surface area contributed by atoms with Gasteiger partial charge in [0.1, 0.15) is 0 Å². The Kier molecular flexibility index (Phi) is 10.3. The third-order valence-corrected chi connectivity index (χ3v) is 10.9. The summed E-state index contributed by atoms with van der Waals surface area (Å²) >= 11 is 2.08. The first kappa shape index (κ1) is 35.0. The molecule has 2 amide bonds. The van der Waals surface area contributed by atoms with Crippen LogP contribution < -0.4 is 15.0 Å². The van der Waals surface area contributed by atoms with Gasteiger partial charge in [-0.25, -0.2) is 0 Å². The summed E-state index contributed by atoms with van der Waals surface area (Å²) in [6.07, 6.45) is 2.92. The third-order valence-electron chi connectivity index (χ3n) is 10.1. The van der Waals surface area contributed by atoms with Crippen molar-refractivity contribution >= 4 is 70.2 Å². The molecule has 11 heteroatoms. The minimum absolute atomic E-state index is 0.0850. The molecule has 0 spiro atoms. The highest BCUT2D eigenvalue weighted by atomic mass is 127. The second-order valence-corrected chi connectivity index (χ2v) is 14.3. The van der Waals surface area contributed by atoms with Crippen LogP contribution in [0.5, 0.6) is 11.5 Å². The van der Waals surface area contributed by atoms with Crippen LogP contribution in [0.4, 0.5) is 17.1 Å². The number of carbonyl (C=O) groups is 2. The molecule has 9 nitrogen and oxygen atoms in total. The molecule has 0 bridgehead atoms. The number of benzene rings is 4. The number of nitrogens with one attached hydrogen (secondary N) is 1. The standard InChI is InChI=1S/C40H38BIN2O7/c1-50-35-20-24(19-33(42)38(35)46)18-26(25-8-4-2-5-9-25)12-17-34-36-27(23-45)21-31-37(32(36)22-41(49)51-34)40(48)44(39(31)47)30-15-13-29(14-16-30)43-28-10-6-3-7-11-28/h2-11,13-16,18-20,31-32,34,37,43,45-46,49H,12,17,21-23H2,1H3/b26-18-/t31-,32+,34-,37-/m1/s1. The second-order valence-electron chi connectivity index (χ2n) is 13.2. The Morgan fingerprint density at radius 2 is 1.67 bits per heavy atom. The quantitative estimate of drug-likeness (QED) is 0.0442. The largest absolute Gasteiger partial charge is 0.504 e. The molecule has 7 rings (SSSR count). The molecule has 2 heterocycles. The Hall–Kier alpha value is -4.43. The topological polar surface area (TPSA) is 129 Å². The average Bonchev–Trinajstić information content (AvgIpc) is 3.40. The predicted molar refractivity (Wildman–Crippen MR) is 206 cm³/mol. The van der Waals surface area contributed by atoms with Crippen molar-refractivity contribution in [1.82, 2.24) is 0 Å². The number of nitrogens with zero attached hydrogens (tertiary/aromatic N) is 1. The summed E-state index contributed by atoms with van der Waals surface area (Å²) < 4.78 is 12.2. The maximum atomic E-state index is 14.2. The first-order chi connectivity index (χ1) is 24.7. The van der Waals surface area contributed by atoms with Gasteiger partial charge in [-0.15, -0.1) is 0 Å². The highest BCUT2D eigenvalue weighted by Gasteiger charge is 2.57. The van der Waals surface area contributed by atoms with Gasteiger partial charge in [0.25, 0.3) is 0 Å². The molecular formula is C40H38BIN2O7. The van der Waals surface area contributed by atoms with Crippen LogP contribution in [0, 0.1) is 21.3 Å². The molecule has 51 heavy (non-hydrogen) atoms. The van der Waals surface area contributed by atoms with Crippen molar-refractivity contribution < 1.29 is 34.2 Å². The lowest BCUT2D eigenvalue weighted by atomic mass is 9.58. The molecule has 1 aliphatic carbocycles. The van der Waals surface area contributed by atoms with Gasteiger partial charge in [0, 0.05) is 11.4 Å². The predicted octanol–water partition coefficient (Wildman–Crippen LogP) is 7.06. The third kappa shape index (κ3) is 7.08. The van der Waals surface area contributed by atoms with E-state index in [9.17, 15) is 24.8 Å². The van der Waals surface area contributed by atoms with E-state index in [1.807, 2.05) is 84.9 Å². The van der Waals surface area contributed by atoms with E-state index in [0.717, 1.165) is 33.6 Å². The summed E-state index contributed by atoms with van der Waals surface area (Å²) in [5.41, 5.74) is 6.63. The van der Waals surface area contributed by atoms with Gasteiger partial charge in [0.2, 0.25) is 11.8 Å². The van der Waals surface area contributed by atoms with E-state index >= 15 is 0 Å². The van der Waals surface area contributed by atoms with Gasteiger partial charge in [0.05, 0.1) is 40.9 Å². The van der Waals surface area contributed by atoms with Crippen LogP contribution in [0.3, 0.4) is 0 Å². The van der Waals surface area contributed by atoms with E-state index in [1.54, 1.807) is 18.2 Å². The van der Waals surface area contributed by atoms with E-state index in [1.165, 1.54) is 12.0 Å². The fraction of sp³-hybridized carbons (Fsp3) is 0.250. The fourth-order valence-corrected chi connectivity index (χ4v) is 8.44. The zero-order valence-corrected chi connectivity index (χ0v) is 30.2. The summed E-state index contributed by atoms with van der Waals surface area (Å²) in [6, 6.07) is 30.6. The van der Waals surface area contributed by atoms with Gasteiger partial charge in [-0.2, -0.15) is 0 Å². The normalized spacial score (nSPS) is 21.8. The van der Waals surface area contributed by atoms with Crippen LogP contribution in [0.1, 0.15) is 30.4 Å². The molecule has 4 atom stereocenters. The lowest BCUT2D eigenvalue weighted by Gasteiger charge is -2.43. The Morgan fingerprint density at radius 1 is 0.980 bits per heavy atom. The molecule has 2 fully saturated rings. The zero-order chi connectivity index (χ0) is 35.6. The number of carbonyl (C=O) groups excluding carboxylic acids is 2. The number of phenols is 1. The van der Waals surface area contributed by atoms with E-state index < -0.39 is 31.0 Å². The van der Waals surface area contributed by atoms with Crippen molar-refractivity contribution in [3.63, 3.8) is 0 Å². The molecular weight excluding hydrogens is 758 g/mol. The van der Waals surface area contributed by atoms with Crippen molar-refractivity contribution in [3.05, 3.63) is 123 Å². The minimum atomic E-state index is -1.13. The number of imide groups is 1. The van der Waals surface area contributed by atoms with Crippen LogP contribution >= 0.6 is 22.6 Å². The van der Waals surface area contributed by atoms with Gasteiger partial charge < -0.3 is 29.9 Å². The van der Waals surface area contributed by atoms with Gasteiger partial charge >= 0.3 is 7.12 Å². The first-order valence-corrected chi connectivity index (χ1v) is 18.1. The number of fused-ring (bicyclic) bond motifs is 3. The maximum Gasteiger partial charge on any atom is 0.455 e. The first-order valence-electron chi connectivity index (χ1n) is 17.0. The molecule has 4 aromatic rings. The summed E-state index contributed by atoms with van der Waals surface area (Å²) in [6.45, 7) is -0.264. The number of allylic oxidation sites excluding steroid dienone is 1. The molecule has 0 unspecified atom stereocenters. The molecule has 260 valence electrons. The van der Waals surface area contributed by atoms with Crippen molar-refractivity contribution in [3.8, 4) is 11.5 Å². The highest BCUT2D eigenvalue weighted by Crippen LogP contribution is 2.51. The van der Waals surface area contributed by atoms with E-state index in [2.05, 4.69) is 27.9 Å². The fourth-order valence-electron chi connectivity index (χ4n) is 7.82. The Morgan fingerprint density at radius 3 is 2.35 bits per heavy atom. The van der Waals surface area contributed by atoms with E-state index in [0.29, 0.717) is 33.4 Å². The number of amides is 2. The number of hydrogen-bond acceptors (Lipinski definition) is 8.